The third kappa shape index (κ3) is 3.81. The van der Waals surface area contributed by atoms with Crippen molar-refractivity contribution in [2.45, 2.75) is 29.5 Å². The van der Waals surface area contributed by atoms with E-state index in [4.69, 9.17) is 4.74 Å². The average Bonchev–Trinajstić information content (AvgIpc) is 2.50. The van der Waals surface area contributed by atoms with E-state index in [1.54, 1.807) is 0 Å². The van der Waals surface area contributed by atoms with E-state index in [2.05, 4.69) is 34.2 Å². The maximum absolute atomic E-state index is 5.39. The molecule has 0 bridgehead atoms. The molecule has 4 heteroatoms. The van der Waals surface area contributed by atoms with Gasteiger partial charge in [0.2, 0.25) is 0 Å². The van der Waals surface area contributed by atoms with E-state index >= 15 is 0 Å². The van der Waals surface area contributed by atoms with E-state index in [1.165, 1.54) is 5.56 Å². The van der Waals surface area contributed by atoms with E-state index in [0.717, 1.165) is 43.3 Å². The van der Waals surface area contributed by atoms with E-state index in [1.807, 2.05) is 30.1 Å². The first-order chi connectivity index (χ1) is 9.90. The Morgan fingerprint density at radius 2 is 1.90 bits per heavy atom. The maximum Gasteiger partial charge on any atom is 0.133 e. The zero-order chi connectivity index (χ0) is 13.6. The Kier molecular flexibility index (Phi) is 4.66. The summed E-state index contributed by atoms with van der Waals surface area (Å²) >= 11 is 1.86. The first-order valence-electron chi connectivity index (χ1n) is 7.00. The van der Waals surface area contributed by atoms with Crippen LogP contribution in [-0.4, -0.2) is 28.4 Å². The molecule has 1 saturated heterocycles. The molecule has 0 saturated carbocycles. The maximum atomic E-state index is 5.39. The summed E-state index contributed by atoms with van der Waals surface area (Å²) in [7, 11) is 0. The first-order valence-corrected chi connectivity index (χ1v) is 7.88. The summed E-state index contributed by atoms with van der Waals surface area (Å²) in [5.74, 6) is 0.897. The molecule has 1 fully saturated rings. The van der Waals surface area contributed by atoms with Crippen molar-refractivity contribution >= 4 is 11.8 Å². The summed E-state index contributed by atoms with van der Waals surface area (Å²) in [6.07, 6.45) is 4.89. The minimum absolute atomic E-state index is 0.628. The second-order valence-electron chi connectivity index (χ2n) is 4.90. The summed E-state index contributed by atoms with van der Waals surface area (Å²) in [4.78, 5) is 9.05. The third-order valence-electron chi connectivity index (χ3n) is 3.34. The van der Waals surface area contributed by atoms with Crippen molar-refractivity contribution in [3.63, 3.8) is 0 Å². The standard InChI is InChI=1S/C16H18N2OS/c1-2-4-13(5-3-1)12-15-17-9-6-16(18-15)20-14-7-10-19-11-8-14/h1-6,9,14H,7-8,10-12H2. The minimum Gasteiger partial charge on any atom is -0.381 e. The van der Waals surface area contributed by atoms with Gasteiger partial charge in [0.25, 0.3) is 0 Å². The monoisotopic (exact) mass is 286 g/mol. The van der Waals surface area contributed by atoms with E-state index in [-0.39, 0.29) is 0 Å². The van der Waals surface area contributed by atoms with Gasteiger partial charge in [-0.05, 0) is 24.5 Å². The van der Waals surface area contributed by atoms with Crippen LogP contribution >= 0.6 is 11.8 Å². The van der Waals surface area contributed by atoms with Gasteiger partial charge in [-0.15, -0.1) is 11.8 Å². The molecule has 0 atom stereocenters. The lowest BCUT2D eigenvalue weighted by Gasteiger charge is -2.20. The number of ether oxygens (including phenoxy) is 1. The molecule has 3 rings (SSSR count). The Labute approximate surface area is 123 Å². The largest absolute Gasteiger partial charge is 0.381 e. The quantitative estimate of drug-likeness (QED) is 0.808. The molecular formula is C16H18N2OS. The highest BCUT2D eigenvalue weighted by Gasteiger charge is 2.15. The molecule has 1 aliphatic rings. The van der Waals surface area contributed by atoms with Gasteiger partial charge in [0.15, 0.2) is 0 Å². The minimum atomic E-state index is 0.628. The lowest BCUT2D eigenvalue weighted by molar-refractivity contribution is 0.1000. The normalized spacial score (nSPS) is 16.2. The van der Waals surface area contributed by atoms with Crippen LogP contribution in [0.15, 0.2) is 47.6 Å². The fourth-order valence-corrected chi connectivity index (χ4v) is 3.34. The molecule has 1 aliphatic heterocycles. The highest BCUT2D eigenvalue weighted by molar-refractivity contribution is 7.99. The predicted molar refractivity (Wildman–Crippen MR) is 81.0 cm³/mol. The molecule has 0 radical (unpaired) electrons. The van der Waals surface area contributed by atoms with E-state index in [9.17, 15) is 0 Å². The molecule has 2 aromatic rings. The summed E-state index contributed by atoms with van der Waals surface area (Å²) in [6.45, 7) is 1.75. The highest BCUT2D eigenvalue weighted by Crippen LogP contribution is 2.28. The van der Waals surface area contributed by atoms with Crippen LogP contribution in [0.3, 0.4) is 0 Å². The van der Waals surface area contributed by atoms with Crippen LogP contribution < -0.4 is 0 Å². The molecule has 2 heterocycles. The van der Waals surface area contributed by atoms with Crippen LogP contribution in [0.1, 0.15) is 24.2 Å². The third-order valence-corrected chi connectivity index (χ3v) is 4.61. The summed E-state index contributed by atoms with van der Waals surface area (Å²) < 4.78 is 5.39. The second kappa shape index (κ2) is 6.86. The Hall–Kier alpha value is -1.39. The van der Waals surface area contributed by atoms with Gasteiger partial charge < -0.3 is 4.74 Å². The average molecular weight is 286 g/mol. The second-order valence-corrected chi connectivity index (χ2v) is 6.22. The van der Waals surface area contributed by atoms with Crippen molar-refractivity contribution in [3.8, 4) is 0 Å². The van der Waals surface area contributed by atoms with Crippen molar-refractivity contribution in [2.75, 3.05) is 13.2 Å². The molecule has 20 heavy (non-hydrogen) atoms. The molecule has 104 valence electrons. The molecule has 0 unspecified atom stereocenters. The van der Waals surface area contributed by atoms with Crippen LogP contribution in [0, 0.1) is 0 Å². The Bertz CT molecular complexity index is 541. The van der Waals surface area contributed by atoms with Gasteiger partial charge in [-0.25, -0.2) is 9.97 Å². The van der Waals surface area contributed by atoms with Gasteiger partial charge in [0.1, 0.15) is 5.82 Å². The highest BCUT2D eigenvalue weighted by atomic mass is 32.2. The fraction of sp³-hybridized carbons (Fsp3) is 0.375. The Morgan fingerprint density at radius 1 is 1.10 bits per heavy atom. The van der Waals surface area contributed by atoms with Crippen LogP contribution in [0.5, 0.6) is 0 Å². The van der Waals surface area contributed by atoms with Crippen LogP contribution in [-0.2, 0) is 11.2 Å². The van der Waals surface area contributed by atoms with Crippen molar-refractivity contribution in [2.24, 2.45) is 0 Å². The van der Waals surface area contributed by atoms with Crippen molar-refractivity contribution in [1.82, 2.24) is 9.97 Å². The zero-order valence-electron chi connectivity index (χ0n) is 11.4. The zero-order valence-corrected chi connectivity index (χ0v) is 12.2. The number of rotatable bonds is 4. The van der Waals surface area contributed by atoms with Crippen LogP contribution in [0.25, 0.3) is 0 Å². The van der Waals surface area contributed by atoms with Crippen molar-refractivity contribution in [1.29, 1.82) is 0 Å². The predicted octanol–water partition coefficient (Wildman–Crippen LogP) is 3.34. The Balaban J connectivity index is 1.66. The summed E-state index contributed by atoms with van der Waals surface area (Å²) in [6, 6.07) is 12.4. The lowest BCUT2D eigenvalue weighted by atomic mass is 10.1. The van der Waals surface area contributed by atoms with Gasteiger partial charge in [-0.2, -0.15) is 0 Å². The van der Waals surface area contributed by atoms with Gasteiger partial charge in [-0.1, -0.05) is 30.3 Å². The molecule has 0 aliphatic carbocycles. The van der Waals surface area contributed by atoms with Gasteiger partial charge in [0.05, 0.1) is 5.03 Å². The smallest absolute Gasteiger partial charge is 0.133 e. The molecule has 3 nitrogen and oxygen atoms in total. The molecule has 0 spiro atoms. The fourth-order valence-electron chi connectivity index (χ4n) is 2.27. The Morgan fingerprint density at radius 3 is 2.70 bits per heavy atom. The molecule has 1 aromatic carbocycles. The first kappa shape index (κ1) is 13.6. The topological polar surface area (TPSA) is 35.0 Å². The van der Waals surface area contributed by atoms with Crippen LogP contribution in [0.2, 0.25) is 0 Å². The van der Waals surface area contributed by atoms with Gasteiger partial charge in [-0.3, -0.25) is 0 Å². The summed E-state index contributed by atoms with van der Waals surface area (Å²) in [5, 5.41) is 1.71. The molecule has 0 N–H and O–H groups in total. The SMILES string of the molecule is c1ccc(Cc2nccc(SC3CCOCC3)n2)cc1. The van der Waals surface area contributed by atoms with E-state index in [0.29, 0.717) is 5.25 Å². The number of thioether (sulfide) groups is 1. The molecule has 1 aromatic heterocycles. The molecular weight excluding hydrogens is 268 g/mol. The number of aromatic nitrogens is 2. The number of hydrogen-bond donors (Lipinski definition) is 0. The molecule has 0 amide bonds. The van der Waals surface area contributed by atoms with Crippen molar-refractivity contribution < 1.29 is 4.74 Å². The van der Waals surface area contributed by atoms with E-state index < -0.39 is 0 Å². The number of hydrogen-bond acceptors (Lipinski definition) is 4. The number of benzene rings is 1. The van der Waals surface area contributed by atoms with Gasteiger partial charge in [0, 0.05) is 31.1 Å². The number of nitrogens with zero attached hydrogens (tertiary/aromatic N) is 2. The van der Waals surface area contributed by atoms with Gasteiger partial charge >= 0.3 is 0 Å². The van der Waals surface area contributed by atoms with Crippen molar-refractivity contribution in [3.05, 3.63) is 54.0 Å². The lowest BCUT2D eigenvalue weighted by Crippen LogP contribution is -2.17. The summed E-state index contributed by atoms with van der Waals surface area (Å²) in [5.41, 5.74) is 1.25. The van der Waals surface area contributed by atoms with Crippen LogP contribution in [0.4, 0.5) is 0 Å².